The SMILES string of the molecule is CC(C)N(C)CCCNc1ncc(N)cn1. The molecule has 1 heterocycles. The molecule has 0 bridgehead atoms. The van der Waals surface area contributed by atoms with Crippen molar-refractivity contribution in [2.45, 2.75) is 26.3 Å². The molecule has 0 fully saturated rings. The molecule has 0 saturated carbocycles. The Morgan fingerprint density at radius 2 is 2.00 bits per heavy atom. The molecule has 0 aliphatic carbocycles. The van der Waals surface area contributed by atoms with Crippen LogP contribution in [0.2, 0.25) is 0 Å². The van der Waals surface area contributed by atoms with E-state index in [0.29, 0.717) is 17.7 Å². The van der Waals surface area contributed by atoms with Gasteiger partial charge in [-0.15, -0.1) is 0 Å². The van der Waals surface area contributed by atoms with Gasteiger partial charge in [0.05, 0.1) is 18.1 Å². The summed E-state index contributed by atoms with van der Waals surface area (Å²) in [6, 6.07) is 0.591. The number of nitrogen functional groups attached to an aromatic ring is 1. The minimum absolute atomic E-state index is 0.588. The Hall–Kier alpha value is -1.36. The maximum atomic E-state index is 5.50. The van der Waals surface area contributed by atoms with E-state index in [4.69, 9.17) is 5.73 Å². The van der Waals surface area contributed by atoms with Crippen LogP contribution in [0.25, 0.3) is 0 Å². The van der Waals surface area contributed by atoms with Crippen LogP contribution in [0.3, 0.4) is 0 Å². The average molecular weight is 223 g/mol. The fraction of sp³-hybridized carbons (Fsp3) is 0.636. The first-order valence-corrected chi connectivity index (χ1v) is 5.61. The monoisotopic (exact) mass is 223 g/mol. The first-order valence-electron chi connectivity index (χ1n) is 5.61. The summed E-state index contributed by atoms with van der Waals surface area (Å²) in [6.45, 7) is 6.33. The van der Waals surface area contributed by atoms with Gasteiger partial charge in [-0.25, -0.2) is 9.97 Å². The predicted octanol–water partition coefficient (Wildman–Crippen LogP) is 1.20. The molecule has 0 unspecified atom stereocenters. The Labute approximate surface area is 97.1 Å². The van der Waals surface area contributed by atoms with E-state index in [-0.39, 0.29) is 0 Å². The highest BCUT2D eigenvalue weighted by molar-refractivity contribution is 5.35. The van der Waals surface area contributed by atoms with E-state index in [0.717, 1.165) is 19.5 Å². The van der Waals surface area contributed by atoms with Crippen molar-refractivity contribution in [1.82, 2.24) is 14.9 Å². The Kier molecular flexibility index (Phi) is 4.98. The predicted molar refractivity (Wildman–Crippen MR) is 67.3 cm³/mol. The Morgan fingerprint density at radius 1 is 1.38 bits per heavy atom. The summed E-state index contributed by atoms with van der Waals surface area (Å²) in [5.41, 5.74) is 6.08. The van der Waals surface area contributed by atoms with Crippen molar-refractivity contribution in [2.75, 3.05) is 31.2 Å². The molecule has 0 aliphatic rings. The van der Waals surface area contributed by atoms with Gasteiger partial charge in [0.25, 0.3) is 0 Å². The van der Waals surface area contributed by atoms with E-state index in [9.17, 15) is 0 Å². The van der Waals surface area contributed by atoms with Gasteiger partial charge in [0, 0.05) is 12.6 Å². The van der Waals surface area contributed by atoms with E-state index in [1.54, 1.807) is 12.4 Å². The summed E-state index contributed by atoms with van der Waals surface area (Å²) >= 11 is 0. The zero-order chi connectivity index (χ0) is 12.0. The number of hydrogen-bond donors (Lipinski definition) is 2. The molecule has 90 valence electrons. The van der Waals surface area contributed by atoms with Crippen molar-refractivity contribution in [3.8, 4) is 0 Å². The molecule has 0 atom stereocenters. The third-order valence-corrected chi connectivity index (χ3v) is 2.52. The maximum absolute atomic E-state index is 5.50. The fourth-order valence-corrected chi connectivity index (χ4v) is 1.22. The van der Waals surface area contributed by atoms with Crippen LogP contribution in [0, 0.1) is 0 Å². The Morgan fingerprint density at radius 3 is 2.56 bits per heavy atom. The molecule has 0 aliphatic heterocycles. The van der Waals surface area contributed by atoms with Crippen molar-refractivity contribution in [1.29, 1.82) is 0 Å². The molecule has 3 N–H and O–H groups in total. The molecular formula is C11H21N5. The molecule has 1 aromatic rings. The second-order valence-corrected chi connectivity index (χ2v) is 4.19. The number of nitrogens with zero attached hydrogens (tertiary/aromatic N) is 3. The van der Waals surface area contributed by atoms with Crippen molar-refractivity contribution in [3.63, 3.8) is 0 Å². The summed E-state index contributed by atoms with van der Waals surface area (Å²) in [7, 11) is 2.13. The highest BCUT2D eigenvalue weighted by atomic mass is 15.1. The molecule has 0 aromatic carbocycles. The lowest BCUT2D eigenvalue weighted by molar-refractivity contribution is 0.273. The van der Waals surface area contributed by atoms with Crippen LogP contribution < -0.4 is 11.1 Å². The summed E-state index contributed by atoms with van der Waals surface area (Å²) in [4.78, 5) is 10.4. The van der Waals surface area contributed by atoms with Crippen LogP contribution in [0.15, 0.2) is 12.4 Å². The molecular weight excluding hydrogens is 202 g/mol. The van der Waals surface area contributed by atoms with Gasteiger partial charge in [-0.3, -0.25) is 0 Å². The molecule has 1 aromatic heterocycles. The van der Waals surface area contributed by atoms with Crippen molar-refractivity contribution in [2.24, 2.45) is 0 Å². The van der Waals surface area contributed by atoms with Gasteiger partial charge in [-0.05, 0) is 33.9 Å². The minimum atomic E-state index is 0.588. The van der Waals surface area contributed by atoms with Gasteiger partial charge < -0.3 is 16.0 Å². The van der Waals surface area contributed by atoms with Crippen LogP contribution in [0.1, 0.15) is 20.3 Å². The first kappa shape index (κ1) is 12.7. The van der Waals surface area contributed by atoms with Gasteiger partial charge in [-0.1, -0.05) is 0 Å². The quantitative estimate of drug-likeness (QED) is 0.709. The third kappa shape index (κ3) is 4.44. The molecule has 0 saturated heterocycles. The zero-order valence-corrected chi connectivity index (χ0v) is 10.3. The third-order valence-electron chi connectivity index (χ3n) is 2.52. The zero-order valence-electron chi connectivity index (χ0n) is 10.3. The van der Waals surface area contributed by atoms with E-state index in [2.05, 4.69) is 41.1 Å². The van der Waals surface area contributed by atoms with Crippen molar-refractivity contribution < 1.29 is 0 Å². The topological polar surface area (TPSA) is 67.1 Å². The summed E-state index contributed by atoms with van der Waals surface area (Å²) in [6.07, 6.45) is 4.29. The lowest BCUT2D eigenvalue weighted by atomic mass is 10.3. The molecule has 0 spiro atoms. The summed E-state index contributed by atoms with van der Waals surface area (Å²) < 4.78 is 0. The highest BCUT2D eigenvalue weighted by Gasteiger charge is 2.02. The Balaban J connectivity index is 2.18. The minimum Gasteiger partial charge on any atom is -0.396 e. The van der Waals surface area contributed by atoms with Crippen molar-refractivity contribution in [3.05, 3.63) is 12.4 Å². The number of hydrogen-bond acceptors (Lipinski definition) is 5. The molecule has 0 radical (unpaired) electrons. The molecule has 5 heteroatoms. The second kappa shape index (κ2) is 6.27. The number of nitrogens with two attached hydrogens (primary N) is 1. The smallest absolute Gasteiger partial charge is 0.222 e. The number of aromatic nitrogens is 2. The Bertz CT molecular complexity index is 296. The van der Waals surface area contributed by atoms with Gasteiger partial charge >= 0.3 is 0 Å². The number of nitrogens with one attached hydrogen (secondary N) is 1. The van der Waals surface area contributed by atoms with Crippen molar-refractivity contribution >= 4 is 11.6 Å². The highest BCUT2D eigenvalue weighted by Crippen LogP contribution is 2.01. The number of rotatable bonds is 6. The normalized spacial score (nSPS) is 11.1. The summed E-state index contributed by atoms with van der Waals surface area (Å²) in [5, 5.41) is 3.16. The van der Waals surface area contributed by atoms with Crippen LogP contribution >= 0.6 is 0 Å². The molecule has 1 rings (SSSR count). The first-order chi connectivity index (χ1) is 7.59. The molecule has 16 heavy (non-hydrogen) atoms. The standard InChI is InChI=1S/C11H21N5/c1-9(2)16(3)6-4-5-13-11-14-7-10(12)8-15-11/h7-9H,4-6,12H2,1-3H3,(H,13,14,15). The molecule has 0 amide bonds. The van der Waals surface area contributed by atoms with Crippen LogP contribution in [0.4, 0.5) is 11.6 Å². The van der Waals surface area contributed by atoms with Crippen LogP contribution in [-0.4, -0.2) is 41.0 Å². The largest absolute Gasteiger partial charge is 0.396 e. The maximum Gasteiger partial charge on any atom is 0.222 e. The van der Waals surface area contributed by atoms with E-state index >= 15 is 0 Å². The van der Waals surface area contributed by atoms with E-state index < -0.39 is 0 Å². The molecule has 5 nitrogen and oxygen atoms in total. The van der Waals surface area contributed by atoms with Gasteiger partial charge in [0.2, 0.25) is 5.95 Å². The summed E-state index contributed by atoms with van der Waals surface area (Å²) in [5.74, 6) is 0.640. The number of anilines is 2. The average Bonchev–Trinajstić information content (AvgIpc) is 2.26. The second-order valence-electron chi connectivity index (χ2n) is 4.19. The lowest BCUT2D eigenvalue weighted by Gasteiger charge is -2.20. The van der Waals surface area contributed by atoms with Gasteiger partial charge in [0.1, 0.15) is 0 Å². The van der Waals surface area contributed by atoms with E-state index in [1.807, 2.05) is 0 Å². The van der Waals surface area contributed by atoms with Gasteiger partial charge in [-0.2, -0.15) is 0 Å². The van der Waals surface area contributed by atoms with E-state index in [1.165, 1.54) is 0 Å². The lowest BCUT2D eigenvalue weighted by Crippen LogP contribution is -2.28. The fourth-order valence-electron chi connectivity index (χ4n) is 1.22. The van der Waals surface area contributed by atoms with Crippen LogP contribution in [-0.2, 0) is 0 Å². The van der Waals surface area contributed by atoms with Gasteiger partial charge in [0.15, 0.2) is 0 Å². The van der Waals surface area contributed by atoms with Crippen LogP contribution in [0.5, 0.6) is 0 Å².